The van der Waals surface area contributed by atoms with Gasteiger partial charge in [0.05, 0.1) is 6.61 Å². The van der Waals surface area contributed by atoms with Crippen LogP contribution in [0.4, 0.5) is 0 Å². The molecular formula is C15H31N3O. The second kappa shape index (κ2) is 7.58. The van der Waals surface area contributed by atoms with Gasteiger partial charge < -0.3 is 15.3 Å². The number of hydrogen-bond acceptors (Lipinski definition) is 4. The Kier molecular flexibility index (Phi) is 6.07. The lowest BCUT2D eigenvalue weighted by Gasteiger charge is -2.25. The van der Waals surface area contributed by atoms with Crippen LogP contribution in [0.3, 0.4) is 0 Å². The molecule has 2 rings (SSSR count). The third kappa shape index (κ3) is 4.71. The number of aliphatic hydroxyl groups excluding tert-OH is 1. The standard InChI is InChI=1S/C15H31N3O/c1-13(2)16-14(12-19)5-9-17-10-6-15(11-17)18-7-3-4-8-18/h13-16,19H,3-12H2,1-2H3. The summed E-state index contributed by atoms with van der Waals surface area (Å²) in [6.07, 6.45) is 5.17. The van der Waals surface area contributed by atoms with E-state index in [0.29, 0.717) is 6.04 Å². The number of nitrogens with one attached hydrogen (secondary N) is 1. The van der Waals surface area contributed by atoms with Crippen molar-refractivity contribution in [3.8, 4) is 0 Å². The van der Waals surface area contributed by atoms with Gasteiger partial charge in [0.15, 0.2) is 0 Å². The maximum Gasteiger partial charge on any atom is 0.0585 e. The first-order valence-electron chi connectivity index (χ1n) is 8.02. The van der Waals surface area contributed by atoms with Crippen LogP contribution in [0.1, 0.15) is 39.5 Å². The quantitative estimate of drug-likeness (QED) is 0.720. The van der Waals surface area contributed by atoms with Gasteiger partial charge in [-0.1, -0.05) is 13.8 Å². The Balaban J connectivity index is 1.66. The number of rotatable bonds is 7. The summed E-state index contributed by atoms with van der Waals surface area (Å²) >= 11 is 0. The molecule has 2 N–H and O–H groups in total. The monoisotopic (exact) mass is 269 g/mol. The molecule has 0 amide bonds. The van der Waals surface area contributed by atoms with Crippen LogP contribution in [0.5, 0.6) is 0 Å². The highest BCUT2D eigenvalue weighted by Gasteiger charge is 2.29. The highest BCUT2D eigenvalue weighted by Crippen LogP contribution is 2.20. The van der Waals surface area contributed by atoms with Crippen LogP contribution in [0.25, 0.3) is 0 Å². The fraction of sp³-hybridized carbons (Fsp3) is 1.00. The van der Waals surface area contributed by atoms with Gasteiger partial charge in [-0.3, -0.25) is 4.90 Å². The normalized spacial score (nSPS) is 27.5. The van der Waals surface area contributed by atoms with Gasteiger partial charge in [0.2, 0.25) is 0 Å². The largest absolute Gasteiger partial charge is 0.395 e. The van der Waals surface area contributed by atoms with Crippen LogP contribution in [0, 0.1) is 0 Å². The molecule has 2 saturated heterocycles. The number of nitrogens with zero attached hydrogens (tertiary/aromatic N) is 2. The van der Waals surface area contributed by atoms with Crippen LogP contribution in [-0.4, -0.2) is 72.4 Å². The summed E-state index contributed by atoms with van der Waals surface area (Å²) in [5.41, 5.74) is 0. The molecule has 2 unspecified atom stereocenters. The second-order valence-corrected chi connectivity index (χ2v) is 6.48. The van der Waals surface area contributed by atoms with Crippen molar-refractivity contribution >= 4 is 0 Å². The summed E-state index contributed by atoms with van der Waals surface area (Å²) in [6, 6.07) is 1.51. The van der Waals surface area contributed by atoms with E-state index < -0.39 is 0 Å². The van der Waals surface area contributed by atoms with E-state index in [4.69, 9.17) is 0 Å². The third-order valence-electron chi connectivity index (χ3n) is 4.49. The Bertz CT molecular complexity index is 254. The van der Waals surface area contributed by atoms with E-state index in [0.717, 1.165) is 19.0 Å². The lowest BCUT2D eigenvalue weighted by atomic mass is 10.2. The smallest absolute Gasteiger partial charge is 0.0585 e. The second-order valence-electron chi connectivity index (χ2n) is 6.48. The van der Waals surface area contributed by atoms with Gasteiger partial charge in [-0.25, -0.2) is 0 Å². The summed E-state index contributed by atoms with van der Waals surface area (Å²) in [6.45, 7) is 10.8. The Morgan fingerprint density at radius 1 is 1.21 bits per heavy atom. The van der Waals surface area contributed by atoms with Gasteiger partial charge in [0, 0.05) is 24.7 Å². The zero-order valence-electron chi connectivity index (χ0n) is 12.6. The van der Waals surface area contributed by atoms with Gasteiger partial charge in [0.1, 0.15) is 0 Å². The Labute approximate surface area is 118 Å². The van der Waals surface area contributed by atoms with Crippen molar-refractivity contribution in [3.05, 3.63) is 0 Å². The molecule has 0 saturated carbocycles. The van der Waals surface area contributed by atoms with E-state index in [2.05, 4.69) is 29.0 Å². The Hall–Kier alpha value is -0.160. The first kappa shape index (κ1) is 15.2. The van der Waals surface area contributed by atoms with Crippen LogP contribution >= 0.6 is 0 Å². The SMILES string of the molecule is CC(C)NC(CO)CCN1CCC(N2CCCC2)C1. The molecule has 0 radical (unpaired) electrons. The molecular weight excluding hydrogens is 238 g/mol. The summed E-state index contributed by atoms with van der Waals surface area (Å²) in [5.74, 6) is 0. The predicted octanol–water partition coefficient (Wildman–Crippen LogP) is 0.906. The minimum atomic E-state index is 0.252. The highest BCUT2D eigenvalue weighted by molar-refractivity contribution is 4.86. The van der Waals surface area contributed by atoms with Crippen LogP contribution in [0.2, 0.25) is 0 Å². The van der Waals surface area contributed by atoms with Crippen molar-refractivity contribution in [2.24, 2.45) is 0 Å². The number of likely N-dealkylation sites (tertiary alicyclic amines) is 2. The van der Waals surface area contributed by atoms with E-state index in [1.54, 1.807) is 0 Å². The maximum atomic E-state index is 9.38. The van der Waals surface area contributed by atoms with Crippen molar-refractivity contribution in [2.75, 3.05) is 39.3 Å². The minimum absolute atomic E-state index is 0.252. The Morgan fingerprint density at radius 3 is 2.58 bits per heavy atom. The molecule has 2 heterocycles. The fourth-order valence-corrected chi connectivity index (χ4v) is 3.46. The maximum absolute atomic E-state index is 9.38. The average Bonchev–Trinajstić information content (AvgIpc) is 3.03. The van der Waals surface area contributed by atoms with E-state index in [-0.39, 0.29) is 12.6 Å². The summed E-state index contributed by atoms with van der Waals surface area (Å²) in [7, 11) is 0. The van der Waals surface area contributed by atoms with Crippen LogP contribution in [-0.2, 0) is 0 Å². The van der Waals surface area contributed by atoms with E-state index >= 15 is 0 Å². The predicted molar refractivity (Wildman–Crippen MR) is 79.4 cm³/mol. The first-order valence-corrected chi connectivity index (χ1v) is 8.02. The Morgan fingerprint density at radius 2 is 1.95 bits per heavy atom. The van der Waals surface area contributed by atoms with Gasteiger partial charge in [0.25, 0.3) is 0 Å². The summed E-state index contributed by atoms with van der Waals surface area (Å²) in [4.78, 5) is 5.25. The zero-order chi connectivity index (χ0) is 13.7. The van der Waals surface area contributed by atoms with E-state index in [9.17, 15) is 5.11 Å². The van der Waals surface area contributed by atoms with Crippen molar-refractivity contribution < 1.29 is 5.11 Å². The lowest BCUT2D eigenvalue weighted by molar-refractivity contribution is 0.200. The minimum Gasteiger partial charge on any atom is -0.395 e. The lowest BCUT2D eigenvalue weighted by Crippen LogP contribution is -2.40. The molecule has 0 aromatic carbocycles. The van der Waals surface area contributed by atoms with E-state index in [1.165, 1.54) is 45.4 Å². The van der Waals surface area contributed by atoms with Gasteiger partial charge in [-0.05, 0) is 51.9 Å². The topological polar surface area (TPSA) is 38.7 Å². The zero-order valence-corrected chi connectivity index (χ0v) is 12.6. The molecule has 0 aromatic rings. The average molecular weight is 269 g/mol. The van der Waals surface area contributed by atoms with Gasteiger partial charge >= 0.3 is 0 Å². The van der Waals surface area contributed by atoms with Crippen molar-refractivity contribution in [1.29, 1.82) is 0 Å². The molecule has 19 heavy (non-hydrogen) atoms. The van der Waals surface area contributed by atoms with Gasteiger partial charge in [-0.2, -0.15) is 0 Å². The van der Waals surface area contributed by atoms with Crippen LogP contribution in [0.15, 0.2) is 0 Å². The molecule has 2 fully saturated rings. The van der Waals surface area contributed by atoms with Crippen molar-refractivity contribution in [2.45, 2.75) is 57.7 Å². The molecule has 0 aromatic heterocycles. The number of hydrogen-bond donors (Lipinski definition) is 2. The molecule has 0 aliphatic carbocycles. The summed E-state index contributed by atoms with van der Waals surface area (Å²) < 4.78 is 0. The first-order chi connectivity index (χ1) is 9.19. The third-order valence-corrected chi connectivity index (χ3v) is 4.49. The van der Waals surface area contributed by atoms with Crippen molar-refractivity contribution in [3.63, 3.8) is 0 Å². The molecule has 2 aliphatic heterocycles. The molecule has 4 heteroatoms. The van der Waals surface area contributed by atoms with Crippen LogP contribution < -0.4 is 5.32 Å². The summed E-state index contributed by atoms with van der Waals surface area (Å²) in [5, 5.41) is 12.8. The highest BCUT2D eigenvalue weighted by atomic mass is 16.3. The van der Waals surface area contributed by atoms with Gasteiger partial charge in [-0.15, -0.1) is 0 Å². The molecule has 2 aliphatic rings. The fourth-order valence-electron chi connectivity index (χ4n) is 3.46. The molecule has 0 bridgehead atoms. The van der Waals surface area contributed by atoms with E-state index in [1.807, 2.05) is 0 Å². The molecule has 0 spiro atoms. The molecule has 112 valence electrons. The molecule has 2 atom stereocenters. The van der Waals surface area contributed by atoms with Crippen molar-refractivity contribution in [1.82, 2.24) is 15.1 Å². The molecule has 4 nitrogen and oxygen atoms in total. The number of aliphatic hydroxyl groups is 1.